The lowest BCUT2D eigenvalue weighted by atomic mass is 10.1. The van der Waals surface area contributed by atoms with Gasteiger partial charge in [0.1, 0.15) is 0 Å². The van der Waals surface area contributed by atoms with E-state index in [1.807, 2.05) is 24.3 Å². The fourth-order valence-electron chi connectivity index (χ4n) is 1.34. The molecule has 0 bridgehead atoms. The normalized spacial score (nSPS) is 9.14. The van der Waals surface area contributed by atoms with Crippen molar-refractivity contribution >= 4 is 17.1 Å². The van der Waals surface area contributed by atoms with Crippen LogP contribution in [0.25, 0.3) is 10.8 Å². The third kappa shape index (κ3) is 1.48. The fraction of sp³-hybridized carbons (Fsp3) is 0. The lowest BCUT2D eigenvalue weighted by molar-refractivity contribution is -0.103. The van der Waals surface area contributed by atoms with E-state index in [0.717, 1.165) is 16.3 Å². The topological polar surface area (TPSA) is 30.0 Å². The summed E-state index contributed by atoms with van der Waals surface area (Å²) in [5.74, 6) is 5.20. The third-order valence-corrected chi connectivity index (χ3v) is 1.95. The number of rotatable bonds is 0. The van der Waals surface area contributed by atoms with Crippen LogP contribution in [0, 0.1) is 11.8 Å². The molecule has 0 aliphatic carbocycles. The largest absolute Gasteiger partial charge is 0.289 e. The highest BCUT2D eigenvalue weighted by Gasteiger charge is 1.95. The van der Waals surface area contributed by atoms with Crippen molar-refractivity contribution < 1.29 is 4.79 Å². The molecule has 0 spiro atoms. The zero-order valence-electron chi connectivity index (χ0n) is 7.40. The van der Waals surface area contributed by atoms with Crippen LogP contribution in [0.3, 0.4) is 0 Å². The molecule has 2 nitrogen and oxygen atoms in total. The minimum atomic E-state index is 0.597. The minimum absolute atomic E-state index is 0.597. The van der Waals surface area contributed by atoms with Gasteiger partial charge < -0.3 is 0 Å². The number of hydrogen-bond donors (Lipinski definition) is 0. The van der Waals surface area contributed by atoms with Crippen molar-refractivity contribution in [2.24, 2.45) is 0 Å². The molecule has 0 atom stereocenters. The highest BCUT2D eigenvalue weighted by atomic mass is 16.1. The van der Waals surface area contributed by atoms with Crippen molar-refractivity contribution in [1.29, 1.82) is 0 Å². The lowest BCUT2D eigenvalue weighted by Crippen LogP contribution is -1.80. The van der Waals surface area contributed by atoms with Crippen LogP contribution in [-0.4, -0.2) is 11.3 Å². The van der Waals surface area contributed by atoms with Gasteiger partial charge in [-0.3, -0.25) is 9.78 Å². The maximum Gasteiger partial charge on any atom is 0.193 e. The van der Waals surface area contributed by atoms with Crippen molar-refractivity contribution in [3.8, 4) is 11.8 Å². The minimum Gasteiger partial charge on any atom is -0.289 e. The summed E-state index contributed by atoms with van der Waals surface area (Å²) in [6.45, 7) is 0. The van der Waals surface area contributed by atoms with Crippen molar-refractivity contribution in [3.05, 3.63) is 42.2 Å². The maximum atomic E-state index is 10.1. The first-order chi connectivity index (χ1) is 6.92. The first-order valence-corrected chi connectivity index (χ1v) is 4.20. The molecule has 0 amide bonds. The van der Waals surface area contributed by atoms with Gasteiger partial charge in [0.25, 0.3) is 0 Å². The Labute approximate surface area is 81.6 Å². The van der Waals surface area contributed by atoms with E-state index >= 15 is 0 Å². The van der Waals surface area contributed by atoms with Gasteiger partial charge in [0, 0.05) is 28.7 Å². The Morgan fingerprint density at radius 3 is 3.07 bits per heavy atom. The van der Waals surface area contributed by atoms with Crippen LogP contribution < -0.4 is 0 Å². The summed E-state index contributed by atoms with van der Waals surface area (Å²) in [7, 11) is 0. The summed E-state index contributed by atoms with van der Waals surface area (Å²) in [5, 5.41) is 2.06. The molecule has 0 saturated carbocycles. The second-order valence-electron chi connectivity index (χ2n) is 2.79. The molecule has 1 heterocycles. The molecule has 2 heteroatoms. The molecule has 0 saturated heterocycles. The molecule has 2 aromatic rings. The number of pyridine rings is 1. The van der Waals surface area contributed by atoms with E-state index in [-0.39, 0.29) is 0 Å². The van der Waals surface area contributed by atoms with Crippen molar-refractivity contribution in [3.63, 3.8) is 0 Å². The quantitative estimate of drug-likeness (QED) is 0.458. The van der Waals surface area contributed by atoms with Gasteiger partial charge in [-0.2, -0.15) is 0 Å². The Morgan fingerprint density at radius 2 is 2.21 bits per heavy atom. The summed E-state index contributed by atoms with van der Waals surface area (Å²) < 4.78 is 0. The number of aromatic nitrogens is 1. The third-order valence-electron chi connectivity index (χ3n) is 1.95. The Morgan fingerprint density at radius 1 is 1.29 bits per heavy atom. The van der Waals surface area contributed by atoms with Crippen molar-refractivity contribution in [2.45, 2.75) is 0 Å². The van der Waals surface area contributed by atoms with E-state index < -0.39 is 0 Å². The number of aldehydes is 1. The molecule has 0 aliphatic heterocycles. The predicted molar refractivity (Wildman–Crippen MR) is 54.7 cm³/mol. The molecule has 0 fully saturated rings. The fourth-order valence-corrected chi connectivity index (χ4v) is 1.34. The van der Waals surface area contributed by atoms with Crippen LogP contribution in [0.15, 0.2) is 36.7 Å². The standard InChI is InChI=1S/C12H7NO/c14-8-2-5-10-3-1-4-11-9-13-7-6-12(10)11/h1,3-4,6-9H. The van der Waals surface area contributed by atoms with Crippen LogP contribution in [-0.2, 0) is 4.79 Å². The molecule has 0 N–H and O–H groups in total. The van der Waals surface area contributed by atoms with E-state index in [4.69, 9.17) is 0 Å². The van der Waals surface area contributed by atoms with Crippen LogP contribution >= 0.6 is 0 Å². The van der Waals surface area contributed by atoms with Crippen LogP contribution in [0.5, 0.6) is 0 Å². The number of nitrogens with zero attached hydrogens (tertiary/aromatic N) is 1. The molecule has 0 unspecified atom stereocenters. The van der Waals surface area contributed by atoms with Gasteiger partial charge >= 0.3 is 0 Å². The monoisotopic (exact) mass is 181 g/mol. The Kier molecular flexibility index (Phi) is 2.24. The summed E-state index contributed by atoms with van der Waals surface area (Å²) in [5.41, 5.74) is 0.858. The average Bonchev–Trinajstić information content (AvgIpc) is 2.26. The van der Waals surface area contributed by atoms with E-state index in [1.54, 1.807) is 12.4 Å². The van der Waals surface area contributed by atoms with Crippen LogP contribution in [0.1, 0.15) is 5.56 Å². The number of fused-ring (bicyclic) bond motifs is 1. The zero-order chi connectivity index (χ0) is 9.80. The van der Waals surface area contributed by atoms with Gasteiger partial charge in [0.05, 0.1) is 0 Å². The highest BCUT2D eigenvalue weighted by molar-refractivity contribution is 5.88. The SMILES string of the molecule is O=CC#Cc1cccc2cnccc12. The molecule has 66 valence electrons. The summed E-state index contributed by atoms with van der Waals surface area (Å²) >= 11 is 0. The molecule has 1 aromatic heterocycles. The Bertz CT molecular complexity index is 529. The second kappa shape index (κ2) is 3.71. The lowest BCUT2D eigenvalue weighted by Gasteiger charge is -1.97. The molecule has 0 radical (unpaired) electrons. The average molecular weight is 181 g/mol. The maximum absolute atomic E-state index is 10.1. The Balaban J connectivity index is 2.70. The molecular weight excluding hydrogens is 174 g/mol. The van der Waals surface area contributed by atoms with E-state index in [0.29, 0.717) is 6.29 Å². The summed E-state index contributed by atoms with van der Waals surface area (Å²) in [6, 6.07) is 7.65. The first kappa shape index (κ1) is 8.46. The smallest absolute Gasteiger partial charge is 0.193 e. The number of carbonyl (C=O) groups excluding carboxylic acids is 1. The summed E-state index contributed by atoms with van der Waals surface area (Å²) in [6.07, 6.45) is 4.09. The Hall–Kier alpha value is -2.14. The van der Waals surface area contributed by atoms with Crippen LogP contribution in [0.4, 0.5) is 0 Å². The number of carbonyl (C=O) groups is 1. The zero-order valence-corrected chi connectivity index (χ0v) is 7.40. The number of hydrogen-bond acceptors (Lipinski definition) is 2. The van der Waals surface area contributed by atoms with E-state index in [1.165, 1.54) is 0 Å². The van der Waals surface area contributed by atoms with Gasteiger partial charge in [0.2, 0.25) is 0 Å². The molecule has 0 aliphatic rings. The molecule has 14 heavy (non-hydrogen) atoms. The van der Waals surface area contributed by atoms with Gasteiger partial charge in [-0.05, 0) is 18.1 Å². The molecule has 2 rings (SSSR count). The van der Waals surface area contributed by atoms with Gasteiger partial charge in [-0.1, -0.05) is 18.1 Å². The molecule has 1 aromatic carbocycles. The predicted octanol–water partition coefficient (Wildman–Crippen LogP) is 1.79. The van der Waals surface area contributed by atoms with E-state index in [2.05, 4.69) is 16.8 Å². The van der Waals surface area contributed by atoms with Crippen molar-refractivity contribution in [1.82, 2.24) is 4.98 Å². The highest BCUT2D eigenvalue weighted by Crippen LogP contribution is 2.15. The van der Waals surface area contributed by atoms with Gasteiger partial charge in [-0.15, -0.1) is 0 Å². The second-order valence-corrected chi connectivity index (χ2v) is 2.79. The van der Waals surface area contributed by atoms with Crippen molar-refractivity contribution in [2.75, 3.05) is 0 Å². The first-order valence-electron chi connectivity index (χ1n) is 4.20. The van der Waals surface area contributed by atoms with Gasteiger partial charge in [0.15, 0.2) is 6.29 Å². The number of benzene rings is 1. The van der Waals surface area contributed by atoms with Gasteiger partial charge in [-0.25, -0.2) is 0 Å². The van der Waals surface area contributed by atoms with E-state index in [9.17, 15) is 4.79 Å². The van der Waals surface area contributed by atoms with Crippen LogP contribution in [0.2, 0.25) is 0 Å². The molecular formula is C12H7NO. The summed E-state index contributed by atoms with van der Waals surface area (Å²) in [4.78, 5) is 14.1.